The summed E-state index contributed by atoms with van der Waals surface area (Å²) in [7, 11) is 1.63. The van der Waals surface area contributed by atoms with Crippen LogP contribution in [0.5, 0.6) is 5.75 Å². The van der Waals surface area contributed by atoms with Crippen LogP contribution in [0.3, 0.4) is 0 Å². The van der Waals surface area contributed by atoms with E-state index in [4.69, 9.17) is 15.9 Å². The van der Waals surface area contributed by atoms with Gasteiger partial charge in [0, 0.05) is 9.86 Å². The van der Waals surface area contributed by atoms with Crippen molar-refractivity contribution in [3.05, 3.63) is 27.5 Å². The van der Waals surface area contributed by atoms with E-state index in [1.807, 2.05) is 18.2 Å². The predicted molar refractivity (Wildman–Crippen MR) is 96.0 cm³/mol. The molecule has 0 fully saturated rings. The molecule has 0 amide bonds. The summed E-state index contributed by atoms with van der Waals surface area (Å²) in [6.07, 6.45) is 0. The van der Waals surface area contributed by atoms with Crippen LogP contribution in [0.25, 0.3) is 10.1 Å². The minimum absolute atomic E-state index is 0. The predicted octanol–water partition coefficient (Wildman–Crippen LogP) is -1.57. The smallest absolute Gasteiger partial charge is 0.133 e. The van der Waals surface area contributed by atoms with Crippen molar-refractivity contribution in [3.63, 3.8) is 0 Å². The molecule has 1 heterocycles. The first-order valence-electron chi connectivity index (χ1n) is 4.24. The number of nitrogens with one attached hydrogen (secondary N) is 1. The fourth-order valence-corrected chi connectivity index (χ4v) is 2.91. The lowest BCUT2D eigenvalue weighted by Crippen LogP contribution is -2.08. The number of fused-ring (bicyclic) bond motifs is 1. The number of methoxy groups -OCH3 is 1. The third kappa shape index (κ3) is 6.83. The minimum Gasteiger partial charge on any atom is -0.496 e. The van der Waals surface area contributed by atoms with E-state index in [9.17, 15) is 0 Å². The lowest BCUT2D eigenvalue weighted by atomic mass is 10.2. The maximum Gasteiger partial charge on any atom is 0.133 e. The highest BCUT2D eigenvalue weighted by atomic mass is 79.9. The van der Waals surface area contributed by atoms with Crippen molar-refractivity contribution < 1.29 is 37.6 Å². The molecule has 0 aliphatic heterocycles. The average Bonchev–Trinajstić information content (AvgIpc) is 2.64. The van der Waals surface area contributed by atoms with Gasteiger partial charge in [0.2, 0.25) is 0 Å². The quantitative estimate of drug-likeness (QED) is 0.424. The van der Waals surface area contributed by atoms with E-state index >= 15 is 0 Å². The molecular formula is C10H22BrClN2O7S. The monoisotopic (exact) mass is 428 g/mol. The second kappa shape index (κ2) is 14.9. The molecule has 2 rings (SSSR count). The Hall–Kier alpha value is -1.02. The zero-order chi connectivity index (χ0) is 11.0. The maximum absolute atomic E-state index is 7.40. The van der Waals surface area contributed by atoms with Crippen molar-refractivity contribution in [2.75, 3.05) is 7.11 Å². The Bertz CT molecular complexity index is 555. The standard InChI is InChI=1S/C10H9BrN2OS.ClH.6H2O/c1-14-7-3-2-6(11)9-5(7)4-8(15-9)10(12)13;;;;;;;/h2-4H,1H3,(H3,12,13);1H;6*1H2. The SMILES string of the molecule is COc1ccc(Br)c2sc(C(=N)N)cc12.Cl.O.O.O.O.O.O. The largest absolute Gasteiger partial charge is 0.496 e. The Morgan fingerprint density at radius 3 is 2.05 bits per heavy atom. The molecule has 12 heteroatoms. The van der Waals surface area contributed by atoms with Crippen molar-refractivity contribution in [2.24, 2.45) is 5.73 Å². The van der Waals surface area contributed by atoms with Crippen LogP contribution in [0.4, 0.5) is 0 Å². The summed E-state index contributed by atoms with van der Waals surface area (Å²) in [5.41, 5.74) is 5.46. The number of hydrogen-bond donors (Lipinski definition) is 2. The van der Waals surface area contributed by atoms with E-state index < -0.39 is 0 Å². The van der Waals surface area contributed by atoms with Crippen LogP contribution in [0.1, 0.15) is 4.88 Å². The van der Waals surface area contributed by atoms with Crippen LogP contribution in [0, 0.1) is 5.41 Å². The number of rotatable bonds is 2. The summed E-state index contributed by atoms with van der Waals surface area (Å²) in [6.45, 7) is 0. The lowest BCUT2D eigenvalue weighted by molar-refractivity contribution is 0.420. The van der Waals surface area contributed by atoms with Gasteiger partial charge in [-0.15, -0.1) is 23.7 Å². The zero-order valence-corrected chi connectivity index (χ0v) is 14.6. The summed E-state index contributed by atoms with van der Waals surface area (Å²) >= 11 is 4.95. The van der Waals surface area contributed by atoms with Crippen LogP contribution < -0.4 is 10.5 Å². The van der Waals surface area contributed by atoms with Gasteiger partial charge < -0.3 is 43.3 Å². The number of nitrogen functional groups attached to an aromatic ring is 1. The Labute approximate surface area is 145 Å². The van der Waals surface area contributed by atoms with Crippen LogP contribution >= 0.6 is 39.7 Å². The Morgan fingerprint density at radius 2 is 1.64 bits per heavy atom. The Kier molecular flexibility index (Phi) is 25.3. The molecule has 22 heavy (non-hydrogen) atoms. The molecule has 1 aromatic carbocycles. The number of nitrogens with two attached hydrogens (primary N) is 1. The van der Waals surface area contributed by atoms with Crippen molar-refractivity contribution in [1.29, 1.82) is 5.41 Å². The third-order valence-electron chi connectivity index (χ3n) is 2.08. The van der Waals surface area contributed by atoms with Crippen LogP contribution in [0.2, 0.25) is 0 Å². The first kappa shape index (κ1) is 37.3. The lowest BCUT2D eigenvalue weighted by Gasteiger charge is -2.01. The van der Waals surface area contributed by atoms with Gasteiger partial charge in [0.25, 0.3) is 0 Å². The van der Waals surface area contributed by atoms with Crippen molar-refractivity contribution in [1.82, 2.24) is 0 Å². The number of thiophene rings is 1. The molecule has 0 saturated heterocycles. The van der Waals surface area contributed by atoms with Gasteiger partial charge in [-0.1, -0.05) is 0 Å². The second-order valence-electron chi connectivity index (χ2n) is 3.02. The molecule has 0 spiro atoms. The average molecular weight is 430 g/mol. The first-order chi connectivity index (χ1) is 7.13. The van der Waals surface area contributed by atoms with E-state index in [2.05, 4.69) is 15.9 Å². The number of benzene rings is 1. The van der Waals surface area contributed by atoms with Gasteiger partial charge in [0.05, 0.1) is 16.7 Å². The molecular weight excluding hydrogens is 408 g/mol. The molecule has 0 aliphatic rings. The van der Waals surface area contributed by atoms with Gasteiger partial charge in [0.1, 0.15) is 11.6 Å². The highest BCUT2D eigenvalue weighted by Gasteiger charge is 2.10. The second-order valence-corrected chi connectivity index (χ2v) is 4.92. The van der Waals surface area contributed by atoms with Crippen LogP contribution in [-0.4, -0.2) is 45.8 Å². The van der Waals surface area contributed by atoms with E-state index in [0.717, 1.165) is 25.2 Å². The summed E-state index contributed by atoms with van der Waals surface area (Å²) in [4.78, 5) is 0.759. The Morgan fingerprint density at radius 1 is 1.14 bits per heavy atom. The van der Waals surface area contributed by atoms with E-state index in [0.29, 0.717) is 0 Å². The van der Waals surface area contributed by atoms with Gasteiger partial charge in [-0.25, -0.2) is 0 Å². The molecule has 134 valence electrons. The highest BCUT2D eigenvalue weighted by Crippen LogP contribution is 2.37. The Balaban J connectivity index is -0.0000000914. The van der Waals surface area contributed by atoms with Crippen molar-refractivity contribution in [3.8, 4) is 5.75 Å². The molecule has 0 bridgehead atoms. The molecule has 0 radical (unpaired) electrons. The van der Waals surface area contributed by atoms with Crippen molar-refractivity contribution >= 4 is 55.6 Å². The molecule has 0 unspecified atom stereocenters. The highest BCUT2D eigenvalue weighted by molar-refractivity contribution is 9.10. The minimum atomic E-state index is 0. The number of ether oxygens (including phenoxy) is 1. The third-order valence-corrected chi connectivity index (χ3v) is 4.21. The van der Waals surface area contributed by atoms with Gasteiger partial charge >= 0.3 is 0 Å². The number of amidine groups is 1. The molecule has 0 aliphatic carbocycles. The normalized spacial score (nSPS) is 7.18. The van der Waals surface area contributed by atoms with E-state index in [1.54, 1.807) is 7.11 Å². The molecule has 9 nitrogen and oxygen atoms in total. The molecule has 0 atom stereocenters. The van der Waals surface area contributed by atoms with Crippen LogP contribution in [0.15, 0.2) is 22.7 Å². The topological polar surface area (TPSA) is 248 Å². The molecule has 2 aromatic rings. The fraction of sp³-hybridized carbons (Fsp3) is 0.100. The number of hydrogen-bond acceptors (Lipinski definition) is 3. The van der Waals surface area contributed by atoms with Crippen molar-refractivity contribution in [2.45, 2.75) is 0 Å². The van der Waals surface area contributed by atoms with E-state index in [-0.39, 0.29) is 51.1 Å². The molecule has 1 aromatic heterocycles. The maximum atomic E-state index is 7.40. The van der Waals surface area contributed by atoms with Crippen LogP contribution in [-0.2, 0) is 0 Å². The molecule has 0 saturated carbocycles. The first-order valence-corrected chi connectivity index (χ1v) is 5.85. The van der Waals surface area contributed by atoms with Gasteiger partial charge in [-0.05, 0) is 34.1 Å². The number of halogens is 2. The van der Waals surface area contributed by atoms with Gasteiger partial charge in [-0.3, -0.25) is 5.41 Å². The summed E-state index contributed by atoms with van der Waals surface area (Å²) in [6, 6.07) is 5.70. The van der Waals surface area contributed by atoms with Gasteiger partial charge in [-0.2, -0.15) is 0 Å². The van der Waals surface area contributed by atoms with Gasteiger partial charge in [0.15, 0.2) is 0 Å². The summed E-state index contributed by atoms with van der Waals surface area (Å²) in [5.74, 6) is 0.891. The molecule has 15 N–H and O–H groups in total. The zero-order valence-electron chi connectivity index (χ0n) is 11.4. The fourth-order valence-electron chi connectivity index (χ4n) is 1.38. The summed E-state index contributed by atoms with van der Waals surface area (Å²) in [5, 5.41) is 8.39. The summed E-state index contributed by atoms with van der Waals surface area (Å²) < 4.78 is 7.30. The van der Waals surface area contributed by atoms with E-state index in [1.165, 1.54) is 11.3 Å².